The molecule has 4 aromatic rings. The molecule has 0 spiro atoms. The molecule has 136 valence electrons. The lowest BCUT2D eigenvalue weighted by Gasteiger charge is -2.15. The Kier molecular flexibility index (Phi) is 4.75. The van der Waals surface area contributed by atoms with Crippen LogP contribution in [0.5, 0.6) is 0 Å². The first-order chi connectivity index (χ1) is 13.1. The third-order valence-electron chi connectivity index (χ3n) is 5.05. The Hall–Kier alpha value is -2.59. The number of hydrogen-bond donors (Lipinski definition) is 1. The number of hydrogen-bond acceptors (Lipinski definition) is 1. The summed E-state index contributed by atoms with van der Waals surface area (Å²) < 4.78 is 3.23. The van der Waals surface area contributed by atoms with Gasteiger partial charge in [0, 0.05) is 38.4 Å². The van der Waals surface area contributed by atoms with Gasteiger partial charge in [-0.15, -0.1) is 0 Å². The van der Waals surface area contributed by atoms with Crippen LogP contribution in [-0.4, -0.2) is 10.5 Å². The minimum atomic E-state index is -0.0791. The van der Waals surface area contributed by atoms with Crippen LogP contribution in [0, 0.1) is 0 Å². The maximum atomic E-state index is 12.6. The predicted octanol–water partition coefficient (Wildman–Crippen LogP) is 6.07. The molecule has 1 aromatic heterocycles. The van der Waals surface area contributed by atoms with Gasteiger partial charge in [0.1, 0.15) is 0 Å². The van der Waals surface area contributed by atoms with Crippen LogP contribution in [0.25, 0.3) is 21.8 Å². The van der Waals surface area contributed by atoms with Crippen molar-refractivity contribution in [3.8, 4) is 0 Å². The Balaban J connectivity index is 1.69. The van der Waals surface area contributed by atoms with Crippen LogP contribution in [0.4, 0.5) is 0 Å². The topological polar surface area (TPSA) is 34.0 Å². The fourth-order valence-corrected chi connectivity index (χ4v) is 4.07. The molecule has 3 aromatic carbocycles. The Morgan fingerprint density at radius 2 is 1.78 bits per heavy atom. The van der Waals surface area contributed by atoms with Crippen LogP contribution in [0.2, 0.25) is 0 Å². The predicted molar refractivity (Wildman–Crippen MR) is 115 cm³/mol. The molecule has 4 rings (SSSR count). The number of benzene rings is 3. The Bertz CT molecular complexity index is 1150. The second-order valence-corrected chi connectivity index (χ2v) is 7.66. The summed E-state index contributed by atoms with van der Waals surface area (Å²) in [4.78, 5) is 12.6. The summed E-state index contributed by atoms with van der Waals surface area (Å²) in [5.74, 6) is -0.0696. The van der Waals surface area contributed by atoms with Crippen molar-refractivity contribution in [2.45, 2.75) is 26.4 Å². The molecular weight excluding hydrogens is 400 g/mol. The second-order valence-electron chi connectivity index (χ2n) is 6.74. The summed E-state index contributed by atoms with van der Waals surface area (Å²) in [6.07, 6.45) is 0. The van der Waals surface area contributed by atoms with Crippen LogP contribution < -0.4 is 5.32 Å². The monoisotopic (exact) mass is 420 g/mol. The smallest absolute Gasteiger partial charge is 0.251 e. The maximum Gasteiger partial charge on any atom is 0.251 e. The standard InChI is InChI=1S/C23H21BrN2O/c1-3-26-21-10-5-4-9-19(21)20-14-16(11-12-22(20)26)15(2)25-23(27)17-7-6-8-18(24)13-17/h4-15H,3H2,1-2H3,(H,25,27). The van der Waals surface area contributed by atoms with Crippen LogP contribution in [0.15, 0.2) is 71.2 Å². The van der Waals surface area contributed by atoms with Crippen molar-refractivity contribution < 1.29 is 4.79 Å². The van der Waals surface area contributed by atoms with Crippen molar-refractivity contribution in [2.24, 2.45) is 0 Å². The van der Waals surface area contributed by atoms with Crippen molar-refractivity contribution in [3.05, 3.63) is 82.3 Å². The van der Waals surface area contributed by atoms with Gasteiger partial charge >= 0.3 is 0 Å². The molecular formula is C23H21BrN2O. The molecule has 1 unspecified atom stereocenters. The molecule has 27 heavy (non-hydrogen) atoms. The zero-order chi connectivity index (χ0) is 19.0. The number of aromatic nitrogens is 1. The van der Waals surface area contributed by atoms with E-state index in [2.05, 4.69) is 75.2 Å². The van der Waals surface area contributed by atoms with Crippen molar-refractivity contribution in [1.82, 2.24) is 9.88 Å². The van der Waals surface area contributed by atoms with Gasteiger partial charge in [-0.05, 0) is 55.8 Å². The van der Waals surface area contributed by atoms with Gasteiger partial charge in [0.05, 0.1) is 6.04 Å². The normalized spacial score (nSPS) is 12.4. The number of carbonyl (C=O) groups excluding carboxylic acids is 1. The molecule has 1 N–H and O–H groups in total. The molecule has 3 nitrogen and oxygen atoms in total. The number of nitrogens with one attached hydrogen (secondary N) is 1. The molecule has 0 radical (unpaired) electrons. The lowest BCUT2D eigenvalue weighted by Crippen LogP contribution is -2.26. The first kappa shape index (κ1) is 17.8. The molecule has 0 saturated carbocycles. The van der Waals surface area contributed by atoms with Gasteiger partial charge in [-0.3, -0.25) is 4.79 Å². The highest BCUT2D eigenvalue weighted by molar-refractivity contribution is 9.10. The molecule has 0 fully saturated rings. The highest BCUT2D eigenvalue weighted by Crippen LogP contribution is 2.31. The van der Waals surface area contributed by atoms with Gasteiger partial charge in [-0.2, -0.15) is 0 Å². The summed E-state index contributed by atoms with van der Waals surface area (Å²) in [5, 5.41) is 5.59. The number of nitrogens with zero attached hydrogens (tertiary/aromatic N) is 1. The lowest BCUT2D eigenvalue weighted by molar-refractivity contribution is 0.0940. The van der Waals surface area contributed by atoms with E-state index in [1.54, 1.807) is 0 Å². The van der Waals surface area contributed by atoms with Crippen molar-refractivity contribution in [3.63, 3.8) is 0 Å². The SMILES string of the molecule is CCn1c2ccccc2c2cc(C(C)NC(=O)c3cccc(Br)c3)ccc21. The van der Waals surface area contributed by atoms with Crippen molar-refractivity contribution >= 4 is 43.6 Å². The number of carbonyl (C=O) groups is 1. The molecule has 1 amide bonds. The van der Waals surface area contributed by atoms with E-state index in [0.717, 1.165) is 16.6 Å². The zero-order valence-electron chi connectivity index (χ0n) is 15.4. The third-order valence-corrected chi connectivity index (χ3v) is 5.54. The minimum Gasteiger partial charge on any atom is -0.346 e. The number of halogens is 1. The molecule has 4 heteroatoms. The van der Waals surface area contributed by atoms with Gasteiger partial charge in [0.15, 0.2) is 0 Å². The van der Waals surface area contributed by atoms with Crippen LogP contribution in [-0.2, 0) is 6.54 Å². The van der Waals surface area contributed by atoms with Crippen LogP contribution in [0.3, 0.4) is 0 Å². The second kappa shape index (κ2) is 7.20. The van der Waals surface area contributed by atoms with E-state index in [0.29, 0.717) is 5.56 Å². The van der Waals surface area contributed by atoms with Gasteiger partial charge in [-0.25, -0.2) is 0 Å². The molecule has 1 atom stereocenters. The van der Waals surface area contributed by atoms with Gasteiger partial charge < -0.3 is 9.88 Å². The highest BCUT2D eigenvalue weighted by atomic mass is 79.9. The number of aryl methyl sites for hydroxylation is 1. The minimum absolute atomic E-state index is 0.0696. The first-order valence-electron chi connectivity index (χ1n) is 9.16. The largest absolute Gasteiger partial charge is 0.346 e. The zero-order valence-corrected chi connectivity index (χ0v) is 17.0. The van der Waals surface area contributed by atoms with Gasteiger partial charge in [0.2, 0.25) is 0 Å². The van der Waals surface area contributed by atoms with Crippen molar-refractivity contribution in [1.29, 1.82) is 0 Å². The van der Waals surface area contributed by atoms with E-state index in [1.807, 2.05) is 31.2 Å². The summed E-state index contributed by atoms with van der Waals surface area (Å²) in [6.45, 7) is 5.12. The number of rotatable bonds is 4. The first-order valence-corrected chi connectivity index (χ1v) is 9.95. The lowest BCUT2D eigenvalue weighted by atomic mass is 10.0. The van der Waals surface area contributed by atoms with Crippen LogP contribution >= 0.6 is 15.9 Å². The fraction of sp³-hybridized carbons (Fsp3) is 0.174. The highest BCUT2D eigenvalue weighted by Gasteiger charge is 2.15. The number of para-hydroxylation sites is 1. The third kappa shape index (κ3) is 3.26. The van der Waals surface area contributed by atoms with E-state index in [4.69, 9.17) is 0 Å². The summed E-state index contributed by atoms with van der Waals surface area (Å²) in [6, 6.07) is 22.3. The van der Waals surface area contributed by atoms with Gasteiger partial charge in [0.25, 0.3) is 5.91 Å². The molecule has 1 heterocycles. The Morgan fingerprint density at radius 1 is 1.00 bits per heavy atom. The average Bonchev–Trinajstić information content (AvgIpc) is 3.01. The quantitative estimate of drug-likeness (QED) is 0.427. The van der Waals surface area contributed by atoms with Gasteiger partial charge in [-0.1, -0.05) is 46.3 Å². The summed E-state index contributed by atoms with van der Waals surface area (Å²) in [7, 11) is 0. The fourth-order valence-electron chi connectivity index (χ4n) is 3.67. The molecule has 0 aliphatic rings. The van der Waals surface area contributed by atoms with E-state index < -0.39 is 0 Å². The molecule has 0 saturated heterocycles. The molecule has 0 bridgehead atoms. The van der Waals surface area contributed by atoms with E-state index in [1.165, 1.54) is 21.8 Å². The Labute approximate surface area is 167 Å². The van der Waals surface area contributed by atoms with Crippen LogP contribution in [0.1, 0.15) is 35.8 Å². The number of amides is 1. The summed E-state index contributed by atoms with van der Waals surface area (Å²) in [5.41, 5.74) is 4.23. The molecule has 0 aliphatic heterocycles. The van der Waals surface area contributed by atoms with E-state index in [-0.39, 0.29) is 11.9 Å². The summed E-state index contributed by atoms with van der Waals surface area (Å²) >= 11 is 3.42. The number of fused-ring (bicyclic) bond motifs is 3. The Morgan fingerprint density at radius 3 is 2.56 bits per heavy atom. The maximum absolute atomic E-state index is 12.6. The van der Waals surface area contributed by atoms with E-state index in [9.17, 15) is 4.79 Å². The average molecular weight is 421 g/mol. The van der Waals surface area contributed by atoms with Crippen molar-refractivity contribution in [2.75, 3.05) is 0 Å². The van der Waals surface area contributed by atoms with E-state index >= 15 is 0 Å². The molecule has 0 aliphatic carbocycles.